The van der Waals surface area contributed by atoms with Gasteiger partial charge in [-0.1, -0.05) is 80.4 Å². The molecule has 160 valence electrons. The molecule has 0 radical (unpaired) electrons. The lowest BCUT2D eigenvalue weighted by atomic mass is 9.65. The highest BCUT2D eigenvalue weighted by atomic mass is 16.3. The van der Waals surface area contributed by atoms with Crippen molar-refractivity contribution < 1.29 is 5.11 Å². The number of hydrogen-bond acceptors (Lipinski definition) is 1. The molecule has 2 unspecified atom stereocenters. The van der Waals surface area contributed by atoms with Crippen LogP contribution in [-0.4, -0.2) is 11.2 Å². The summed E-state index contributed by atoms with van der Waals surface area (Å²) in [7, 11) is 0. The minimum Gasteiger partial charge on any atom is -0.393 e. The smallest absolute Gasteiger partial charge is 0.0596 e. The monoisotopic (exact) mass is 386 g/mol. The number of benzene rings is 1. The summed E-state index contributed by atoms with van der Waals surface area (Å²) < 4.78 is 0. The third kappa shape index (κ3) is 5.21. The number of aliphatic hydroxyl groups excluding tert-OH is 1. The van der Waals surface area contributed by atoms with Gasteiger partial charge in [-0.15, -0.1) is 0 Å². The summed E-state index contributed by atoms with van der Waals surface area (Å²) in [6.45, 7) is 18.6. The average Bonchev–Trinajstić information content (AvgIpc) is 2.63. The van der Waals surface area contributed by atoms with Crippen LogP contribution in [0.15, 0.2) is 12.1 Å². The van der Waals surface area contributed by atoms with Gasteiger partial charge in [0.1, 0.15) is 0 Å². The lowest BCUT2D eigenvalue weighted by Gasteiger charge is -2.41. The summed E-state index contributed by atoms with van der Waals surface area (Å²) in [5.41, 5.74) is 6.27. The van der Waals surface area contributed by atoms with E-state index in [0.717, 1.165) is 25.7 Å². The molecule has 1 saturated carbocycles. The first kappa shape index (κ1) is 23.5. The Balaban J connectivity index is 2.56. The van der Waals surface area contributed by atoms with Gasteiger partial charge >= 0.3 is 0 Å². The Morgan fingerprint density at radius 2 is 1.21 bits per heavy atom. The van der Waals surface area contributed by atoms with E-state index in [-0.39, 0.29) is 6.10 Å². The largest absolute Gasteiger partial charge is 0.393 e. The van der Waals surface area contributed by atoms with Crippen LogP contribution in [0.1, 0.15) is 140 Å². The van der Waals surface area contributed by atoms with Crippen LogP contribution in [-0.2, 0) is 0 Å². The van der Waals surface area contributed by atoms with Gasteiger partial charge in [0.25, 0.3) is 0 Å². The van der Waals surface area contributed by atoms with Gasteiger partial charge in [-0.3, -0.25) is 0 Å². The Hall–Kier alpha value is -0.820. The lowest BCUT2D eigenvalue weighted by molar-refractivity contribution is 0.00160. The Morgan fingerprint density at radius 3 is 1.54 bits per heavy atom. The molecule has 1 aliphatic carbocycles. The second-order valence-corrected chi connectivity index (χ2v) is 10.3. The Labute approximate surface area is 175 Å². The van der Waals surface area contributed by atoms with Crippen molar-refractivity contribution in [2.45, 2.75) is 124 Å². The standard InChI is InChI=1S/C27H46O/c1-9-11-20-13-23(14-21(12-10-2)27(20)28)26-24(18(5)6)15-22(17(3)4)16-25(26)19(7)8/h15-21,23,27-28H,9-14H2,1-8H3. The van der Waals surface area contributed by atoms with Crippen LogP contribution in [0.4, 0.5) is 0 Å². The highest BCUT2D eigenvalue weighted by molar-refractivity contribution is 5.46. The maximum atomic E-state index is 11.0. The Morgan fingerprint density at radius 1 is 0.786 bits per heavy atom. The number of hydrogen-bond donors (Lipinski definition) is 1. The van der Waals surface area contributed by atoms with Crippen molar-refractivity contribution in [2.24, 2.45) is 11.8 Å². The van der Waals surface area contributed by atoms with Crippen molar-refractivity contribution in [1.82, 2.24) is 0 Å². The Bertz CT molecular complexity index is 568. The minimum atomic E-state index is -0.101. The molecule has 1 heteroatoms. The maximum absolute atomic E-state index is 11.0. The summed E-state index contributed by atoms with van der Waals surface area (Å²) in [6, 6.07) is 5.01. The number of aliphatic hydroxyl groups is 1. The first-order valence-electron chi connectivity index (χ1n) is 12.1. The van der Waals surface area contributed by atoms with Crippen molar-refractivity contribution in [1.29, 1.82) is 0 Å². The van der Waals surface area contributed by atoms with E-state index >= 15 is 0 Å². The van der Waals surface area contributed by atoms with Crippen molar-refractivity contribution >= 4 is 0 Å². The topological polar surface area (TPSA) is 20.2 Å². The lowest BCUT2D eigenvalue weighted by Crippen LogP contribution is -2.37. The molecular weight excluding hydrogens is 340 g/mol. The molecule has 1 N–H and O–H groups in total. The summed E-state index contributed by atoms with van der Waals surface area (Å²) in [5, 5.41) is 11.0. The molecule has 2 atom stereocenters. The molecule has 0 amide bonds. The van der Waals surface area contributed by atoms with Crippen LogP contribution in [0.2, 0.25) is 0 Å². The van der Waals surface area contributed by atoms with E-state index in [2.05, 4.69) is 67.5 Å². The van der Waals surface area contributed by atoms with Crippen LogP contribution in [0.3, 0.4) is 0 Å². The highest BCUT2D eigenvalue weighted by Crippen LogP contribution is 2.47. The van der Waals surface area contributed by atoms with Crippen molar-refractivity contribution in [3.05, 3.63) is 34.4 Å². The van der Waals surface area contributed by atoms with E-state index < -0.39 is 0 Å². The SMILES string of the molecule is CCCC1CC(c2c(C(C)C)cc(C(C)C)cc2C(C)C)CC(CCC)C1O. The van der Waals surface area contributed by atoms with Gasteiger partial charge in [-0.05, 0) is 83.4 Å². The van der Waals surface area contributed by atoms with E-state index in [0.29, 0.717) is 35.5 Å². The molecule has 0 spiro atoms. The van der Waals surface area contributed by atoms with E-state index in [1.54, 1.807) is 16.7 Å². The summed E-state index contributed by atoms with van der Waals surface area (Å²) in [4.78, 5) is 0. The van der Waals surface area contributed by atoms with Gasteiger partial charge in [0.2, 0.25) is 0 Å². The first-order chi connectivity index (χ1) is 13.2. The zero-order valence-corrected chi connectivity index (χ0v) is 19.9. The van der Waals surface area contributed by atoms with Crippen LogP contribution in [0.25, 0.3) is 0 Å². The predicted octanol–water partition coefficient (Wildman–Crippen LogP) is 8.13. The predicted molar refractivity (Wildman–Crippen MR) is 123 cm³/mol. The fraction of sp³-hybridized carbons (Fsp3) is 0.778. The fourth-order valence-corrected chi connectivity index (χ4v) is 5.53. The molecule has 1 aromatic rings. The van der Waals surface area contributed by atoms with Gasteiger partial charge in [-0.25, -0.2) is 0 Å². The maximum Gasteiger partial charge on any atom is 0.0596 e. The normalized spacial score (nSPS) is 25.9. The fourth-order valence-electron chi connectivity index (χ4n) is 5.53. The summed E-state index contributed by atoms with van der Waals surface area (Å²) >= 11 is 0. The highest BCUT2D eigenvalue weighted by Gasteiger charge is 2.38. The summed E-state index contributed by atoms with van der Waals surface area (Å²) in [6.07, 6.45) is 6.90. The van der Waals surface area contributed by atoms with Gasteiger partial charge in [-0.2, -0.15) is 0 Å². The third-order valence-corrected chi connectivity index (χ3v) is 7.04. The van der Waals surface area contributed by atoms with Gasteiger partial charge < -0.3 is 5.11 Å². The second-order valence-electron chi connectivity index (χ2n) is 10.3. The molecule has 0 aromatic heterocycles. The summed E-state index contributed by atoms with van der Waals surface area (Å²) in [5.74, 6) is 3.19. The molecule has 0 aliphatic heterocycles. The molecule has 1 aromatic carbocycles. The van der Waals surface area contributed by atoms with E-state index in [4.69, 9.17) is 0 Å². The average molecular weight is 387 g/mol. The Kier molecular flexibility index (Phi) is 8.61. The molecule has 0 heterocycles. The van der Waals surface area contributed by atoms with Gasteiger partial charge in [0, 0.05) is 0 Å². The molecule has 1 aliphatic rings. The van der Waals surface area contributed by atoms with Crippen molar-refractivity contribution in [3.8, 4) is 0 Å². The minimum absolute atomic E-state index is 0.101. The van der Waals surface area contributed by atoms with Crippen molar-refractivity contribution in [3.63, 3.8) is 0 Å². The zero-order chi connectivity index (χ0) is 21.0. The van der Waals surface area contributed by atoms with Crippen molar-refractivity contribution in [2.75, 3.05) is 0 Å². The zero-order valence-electron chi connectivity index (χ0n) is 19.9. The molecule has 2 rings (SSSR count). The third-order valence-electron chi connectivity index (χ3n) is 7.04. The molecule has 1 nitrogen and oxygen atoms in total. The second kappa shape index (κ2) is 10.3. The van der Waals surface area contributed by atoms with Gasteiger partial charge in [0.05, 0.1) is 6.10 Å². The number of rotatable bonds is 8. The van der Waals surface area contributed by atoms with Crippen LogP contribution >= 0.6 is 0 Å². The molecular formula is C27H46O. The first-order valence-corrected chi connectivity index (χ1v) is 12.1. The van der Waals surface area contributed by atoms with Crippen LogP contribution < -0.4 is 0 Å². The quantitative estimate of drug-likeness (QED) is 0.478. The van der Waals surface area contributed by atoms with Crippen LogP contribution in [0, 0.1) is 11.8 Å². The molecule has 0 saturated heterocycles. The molecule has 28 heavy (non-hydrogen) atoms. The van der Waals surface area contributed by atoms with E-state index in [9.17, 15) is 5.11 Å². The molecule has 0 bridgehead atoms. The van der Waals surface area contributed by atoms with E-state index in [1.165, 1.54) is 18.4 Å². The van der Waals surface area contributed by atoms with E-state index in [1.807, 2.05) is 0 Å². The van der Waals surface area contributed by atoms with Crippen LogP contribution in [0.5, 0.6) is 0 Å². The molecule has 1 fully saturated rings. The van der Waals surface area contributed by atoms with Gasteiger partial charge in [0.15, 0.2) is 0 Å².